The van der Waals surface area contributed by atoms with Crippen molar-refractivity contribution in [1.29, 1.82) is 0 Å². The van der Waals surface area contributed by atoms with Crippen molar-refractivity contribution >= 4 is 23.2 Å². The summed E-state index contributed by atoms with van der Waals surface area (Å²) < 4.78 is 5.19. The van der Waals surface area contributed by atoms with Crippen LogP contribution in [-0.2, 0) is 4.79 Å². The fourth-order valence-corrected chi connectivity index (χ4v) is 2.11. The first kappa shape index (κ1) is 16.5. The summed E-state index contributed by atoms with van der Waals surface area (Å²) in [5.74, 6) is -0.0734. The first-order valence-electron chi connectivity index (χ1n) is 7.10. The largest absolute Gasteiger partial charge is 0.495 e. The predicted molar refractivity (Wildman–Crippen MR) is 89.8 cm³/mol. The first-order valence-corrected chi connectivity index (χ1v) is 7.10. The zero-order chi connectivity index (χ0) is 16.8. The number of hydrogen-bond acceptors (Lipinski definition) is 4. The molecular weight excluding hydrogens is 294 g/mol. The van der Waals surface area contributed by atoms with Gasteiger partial charge in [-0.15, -0.1) is 0 Å². The Morgan fingerprint density at radius 1 is 1.13 bits per heavy atom. The second kappa shape index (κ2) is 7.42. The highest BCUT2D eigenvalue weighted by Crippen LogP contribution is 2.28. The number of nitrogens with two attached hydrogens (primary N) is 1. The maximum Gasteiger partial charge on any atom is 0.255 e. The fraction of sp³-hybridized carbons (Fsp3) is 0.176. The van der Waals surface area contributed by atoms with Gasteiger partial charge in [0.05, 0.1) is 19.3 Å². The first-order chi connectivity index (χ1) is 11.0. The van der Waals surface area contributed by atoms with Gasteiger partial charge < -0.3 is 21.1 Å². The topological polar surface area (TPSA) is 93.5 Å². The zero-order valence-electron chi connectivity index (χ0n) is 13.1. The van der Waals surface area contributed by atoms with Crippen molar-refractivity contribution < 1.29 is 14.3 Å². The molecular formula is C17H19N3O3. The van der Waals surface area contributed by atoms with Crippen LogP contribution >= 0.6 is 0 Å². The Kier molecular flexibility index (Phi) is 5.32. The number of carbonyl (C=O) groups excluding carboxylic acids is 2. The fourth-order valence-electron chi connectivity index (χ4n) is 2.11. The molecule has 6 heteroatoms. The molecule has 2 rings (SSSR count). The van der Waals surface area contributed by atoms with E-state index in [1.165, 1.54) is 7.11 Å². The predicted octanol–water partition coefficient (Wildman–Crippen LogP) is 2.15. The van der Waals surface area contributed by atoms with Crippen molar-refractivity contribution in [1.82, 2.24) is 0 Å². The lowest BCUT2D eigenvalue weighted by Gasteiger charge is -2.13. The van der Waals surface area contributed by atoms with Crippen LogP contribution in [0.3, 0.4) is 0 Å². The van der Waals surface area contributed by atoms with Crippen molar-refractivity contribution in [2.45, 2.75) is 6.92 Å². The summed E-state index contributed by atoms with van der Waals surface area (Å²) in [5, 5.41) is 5.44. The molecule has 0 fully saturated rings. The molecule has 0 heterocycles. The third-order valence-corrected chi connectivity index (χ3v) is 3.31. The average Bonchev–Trinajstić information content (AvgIpc) is 2.55. The molecule has 0 radical (unpaired) electrons. The normalized spacial score (nSPS) is 10.0. The summed E-state index contributed by atoms with van der Waals surface area (Å²) in [4.78, 5) is 23.8. The lowest BCUT2D eigenvalue weighted by molar-refractivity contribution is -0.114. The minimum absolute atomic E-state index is 0.136. The minimum Gasteiger partial charge on any atom is -0.495 e. The molecule has 0 unspecified atom stereocenters. The maximum atomic E-state index is 12.3. The summed E-state index contributed by atoms with van der Waals surface area (Å²) in [6.07, 6.45) is 0. The van der Waals surface area contributed by atoms with Crippen LogP contribution < -0.4 is 21.1 Å². The zero-order valence-corrected chi connectivity index (χ0v) is 13.1. The van der Waals surface area contributed by atoms with Gasteiger partial charge in [-0.25, -0.2) is 0 Å². The van der Waals surface area contributed by atoms with E-state index in [4.69, 9.17) is 10.5 Å². The van der Waals surface area contributed by atoms with Crippen LogP contribution in [0.25, 0.3) is 0 Å². The van der Waals surface area contributed by atoms with E-state index in [2.05, 4.69) is 10.6 Å². The van der Waals surface area contributed by atoms with E-state index in [0.717, 1.165) is 5.56 Å². The summed E-state index contributed by atoms with van der Waals surface area (Å²) in [7, 11) is 1.50. The molecule has 4 N–H and O–H groups in total. The van der Waals surface area contributed by atoms with E-state index >= 15 is 0 Å². The molecule has 2 aromatic rings. The Bertz CT molecular complexity index is 729. The van der Waals surface area contributed by atoms with Gasteiger partial charge in [0.15, 0.2) is 0 Å². The molecule has 120 valence electrons. The van der Waals surface area contributed by atoms with Gasteiger partial charge in [0.2, 0.25) is 5.91 Å². The molecule has 0 spiro atoms. The number of hydrogen-bond donors (Lipinski definition) is 3. The van der Waals surface area contributed by atoms with E-state index in [-0.39, 0.29) is 18.4 Å². The highest BCUT2D eigenvalue weighted by atomic mass is 16.5. The smallest absolute Gasteiger partial charge is 0.255 e. The quantitative estimate of drug-likeness (QED) is 0.788. The van der Waals surface area contributed by atoms with Crippen LogP contribution in [0, 0.1) is 6.92 Å². The number of benzene rings is 2. The van der Waals surface area contributed by atoms with Crippen LogP contribution in [0.5, 0.6) is 5.75 Å². The highest BCUT2D eigenvalue weighted by molar-refractivity contribution is 6.05. The van der Waals surface area contributed by atoms with Crippen LogP contribution in [0.4, 0.5) is 11.4 Å². The van der Waals surface area contributed by atoms with Crippen LogP contribution in [0.15, 0.2) is 42.5 Å². The summed E-state index contributed by atoms with van der Waals surface area (Å²) in [6.45, 7) is 1.73. The van der Waals surface area contributed by atoms with Gasteiger partial charge >= 0.3 is 0 Å². The lowest BCUT2D eigenvalue weighted by atomic mass is 10.1. The molecule has 0 saturated carbocycles. The average molecular weight is 313 g/mol. The second-order valence-corrected chi connectivity index (χ2v) is 4.94. The van der Waals surface area contributed by atoms with Crippen molar-refractivity contribution in [3.63, 3.8) is 0 Å². The molecule has 0 aromatic heterocycles. The molecule has 0 aliphatic heterocycles. The van der Waals surface area contributed by atoms with Gasteiger partial charge in [0, 0.05) is 11.3 Å². The minimum atomic E-state index is -0.342. The van der Waals surface area contributed by atoms with Gasteiger partial charge in [0.25, 0.3) is 5.91 Å². The second-order valence-electron chi connectivity index (χ2n) is 4.94. The SMILES string of the molecule is COc1ccc(NC(=O)c2ccccc2C)cc1NC(=O)CN. The Hall–Kier alpha value is -2.86. The van der Waals surface area contributed by atoms with Crippen molar-refractivity contribution in [3.8, 4) is 5.75 Å². The molecule has 0 atom stereocenters. The van der Waals surface area contributed by atoms with Crippen LogP contribution in [0.2, 0.25) is 0 Å². The summed E-state index contributed by atoms with van der Waals surface area (Å²) in [6, 6.07) is 12.3. The molecule has 0 aliphatic rings. The third kappa shape index (κ3) is 4.08. The van der Waals surface area contributed by atoms with Crippen molar-refractivity contribution in [2.75, 3.05) is 24.3 Å². The van der Waals surface area contributed by atoms with Crippen molar-refractivity contribution in [3.05, 3.63) is 53.6 Å². The molecule has 6 nitrogen and oxygen atoms in total. The molecule has 2 aromatic carbocycles. The van der Waals surface area contributed by atoms with Gasteiger partial charge in [-0.2, -0.15) is 0 Å². The Balaban J connectivity index is 2.23. The van der Waals surface area contributed by atoms with E-state index in [0.29, 0.717) is 22.7 Å². The third-order valence-electron chi connectivity index (χ3n) is 3.31. The van der Waals surface area contributed by atoms with Gasteiger partial charge in [-0.05, 0) is 36.8 Å². The lowest BCUT2D eigenvalue weighted by Crippen LogP contribution is -2.22. The number of rotatable bonds is 5. The van der Waals surface area contributed by atoms with Gasteiger partial charge in [-0.3, -0.25) is 9.59 Å². The Morgan fingerprint density at radius 2 is 1.87 bits per heavy atom. The number of amides is 2. The maximum absolute atomic E-state index is 12.3. The number of nitrogens with one attached hydrogen (secondary N) is 2. The number of methoxy groups -OCH3 is 1. The molecule has 0 saturated heterocycles. The van der Waals surface area contributed by atoms with Gasteiger partial charge in [-0.1, -0.05) is 18.2 Å². The molecule has 2 amide bonds. The number of ether oxygens (including phenoxy) is 1. The van der Waals surface area contributed by atoms with E-state index in [1.807, 2.05) is 25.1 Å². The summed E-state index contributed by atoms with van der Waals surface area (Å²) >= 11 is 0. The van der Waals surface area contributed by atoms with Gasteiger partial charge in [0.1, 0.15) is 5.75 Å². The van der Waals surface area contributed by atoms with E-state index in [1.54, 1.807) is 24.3 Å². The van der Waals surface area contributed by atoms with E-state index in [9.17, 15) is 9.59 Å². The Labute approximate surface area is 134 Å². The standard InChI is InChI=1S/C17H19N3O3/c1-11-5-3-4-6-13(11)17(22)19-12-7-8-15(23-2)14(9-12)20-16(21)10-18/h3-9H,10,18H2,1-2H3,(H,19,22)(H,20,21). The van der Waals surface area contributed by atoms with Crippen molar-refractivity contribution in [2.24, 2.45) is 5.73 Å². The molecule has 23 heavy (non-hydrogen) atoms. The number of anilines is 2. The molecule has 0 aliphatic carbocycles. The van der Waals surface area contributed by atoms with Crippen LogP contribution in [-0.4, -0.2) is 25.5 Å². The van der Waals surface area contributed by atoms with Crippen LogP contribution in [0.1, 0.15) is 15.9 Å². The van der Waals surface area contributed by atoms with E-state index < -0.39 is 0 Å². The monoisotopic (exact) mass is 313 g/mol. The number of aryl methyl sites for hydroxylation is 1. The summed E-state index contributed by atoms with van der Waals surface area (Å²) in [5.41, 5.74) is 7.78. The molecule has 0 bridgehead atoms. The highest BCUT2D eigenvalue weighted by Gasteiger charge is 2.11. The number of carbonyl (C=O) groups is 2. The Morgan fingerprint density at radius 3 is 2.52 bits per heavy atom.